The molecule has 0 rings (SSSR count). The molecule has 6 nitrogen and oxygen atoms in total. The van der Waals surface area contributed by atoms with E-state index in [1.165, 1.54) is 0 Å². The van der Waals surface area contributed by atoms with Crippen molar-refractivity contribution in [3.05, 3.63) is 0 Å². The summed E-state index contributed by atoms with van der Waals surface area (Å²) in [6.45, 7) is 6.89. The van der Waals surface area contributed by atoms with Crippen LogP contribution in [-0.2, 0) is 4.57 Å². The minimum Gasteiger partial charge on any atom is -0.394 e. The zero-order valence-electron chi connectivity index (χ0n) is 8.25. The van der Waals surface area contributed by atoms with E-state index in [4.69, 9.17) is 29.5 Å². The van der Waals surface area contributed by atoms with Gasteiger partial charge in [0, 0.05) is 12.2 Å². The normalized spacial score (nSPS) is 10.1. The molecule has 0 heterocycles. The van der Waals surface area contributed by atoms with E-state index >= 15 is 0 Å². The molecular formula is C6H19O6P. The fraction of sp³-hybridized carbons (Fsp3) is 1.00. The fourth-order valence-electron chi connectivity index (χ4n) is 0. The first-order valence-corrected chi connectivity index (χ1v) is 5.17. The zero-order chi connectivity index (χ0) is 11.7. The maximum atomic E-state index is 8.88. The lowest BCUT2D eigenvalue weighted by atomic mass is 10.5. The summed E-state index contributed by atoms with van der Waals surface area (Å²) in [7, 11) is -4.64. The second-order valence-electron chi connectivity index (χ2n) is 2.70. The molecule has 0 radical (unpaired) electrons. The van der Waals surface area contributed by atoms with Gasteiger partial charge in [0.15, 0.2) is 0 Å². The Morgan fingerprint density at radius 1 is 0.846 bits per heavy atom. The minimum atomic E-state index is -4.64. The predicted molar refractivity (Wildman–Crippen MR) is 49.0 cm³/mol. The molecule has 7 heteroatoms. The molecule has 0 aromatic carbocycles. The van der Waals surface area contributed by atoms with Gasteiger partial charge in [0.05, 0.1) is 0 Å². The summed E-state index contributed by atoms with van der Waals surface area (Å²) in [6, 6.07) is 0. The summed E-state index contributed by atoms with van der Waals surface area (Å²) < 4.78 is 8.88. The van der Waals surface area contributed by atoms with Gasteiger partial charge in [0.1, 0.15) is 0 Å². The van der Waals surface area contributed by atoms with Crippen molar-refractivity contribution in [1.82, 2.24) is 0 Å². The molecule has 0 bridgehead atoms. The largest absolute Gasteiger partial charge is 0.466 e. The second kappa shape index (κ2) is 10.1. The molecule has 0 aromatic heterocycles. The molecular weight excluding hydrogens is 199 g/mol. The highest BCUT2D eigenvalue weighted by Gasteiger charge is 2.00. The predicted octanol–water partition coefficient (Wildman–Crippen LogP) is -0.154. The summed E-state index contributed by atoms with van der Waals surface area (Å²) in [5.74, 6) is 0. The van der Waals surface area contributed by atoms with Crippen LogP contribution in [0.5, 0.6) is 0 Å². The molecule has 0 amide bonds. The molecule has 0 saturated carbocycles. The van der Waals surface area contributed by atoms with Gasteiger partial charge in [-0.25, -0.2) is 4.57 Å². The summed E-state index contributed by atoms with van der Waals surface area (Å²) in [5, 5.41) is 16.1. The average Bonchev–Trinajstić information content (AvgIpc) is 1.50. The van der Waals surface area contributed by atoms with Gasteiger partial charge in [-0.05, 0) is 27.7 Å². The van der Waals surface area contributed by atoms with Crippen molar-refractivity contribution in [1.29, 1.82) is 0 Å². The van der Waals surface area contributed by atoms with Crippen LogP contribution in [0.25, 0.3) is 0 Å². The van der Waals surface area contributed by atoms with E-state index in [2.05, 4.69) is 0 Å². The maximum Gasteiger partial charge on any atom is 0.466 e. The molecule has 84 valence electrons. The molecule has 0 saturated heterocycles. The fourth-order valence-corrected chi connectivity index (χ4v) is 0. The van der Waals surface area contributed by atoms with E-state index in [1.807, 2.05) is 0 Å². The first-order valence-electron chi connectivity index (χ1n) is 3.61. The van der Waals surface area contributed by atoms with Gasteiger partial charge in [-0.2, -0.15) is 0 Å². The molecule has 0 aliphatic heterocycles. The van der Waals surface area contributed by atoms with Gasteiger partial charge in [0.2, 0.25) is 0 Å². The molecule has 0 spiro atoms. The van der Waals surface area contributed by atoms with Crippen molar-refractivity contribution in [2.45, 2.75) is 39.9 Å². The first-order chi connectivity index (χ1) is 5.46. The van der Waals surface area contributed by atoms with E-state index in [-0.39, 0.29) is 12.2 Å². The third-order valence-corrected chi connectivity index (χ3v) is 0. The van der Waals surface area contributed by atoms with Gasteiger partial charge in [-0.1, -0.05) is 0 Å². The lowest BCUT2D eigenvalue weighted by Crippen LogP contribution is -1.85. The number of phosphoric acid groups is 1. The molecule has 0 fully saturated rings. The first kappa shape index (κ1) is 18.7. The van der Waals surface area contributed by atoms with E-state index in [9.17, 15) is 0 Å². The van der Waals surface area contributed by atoms with Gasteiger partial charge in [0.25, 0.3) is 0 Å². The molecule has 5 N–H and O–H groups in total. The molecule has 0 aliphatic rings. The number of aliphatic hydroxyl groups is 2. The third kappa shape index (κ3) is 1340000. The van der Waals surface area contributed by atoms with Crippen LogP contribution in [0.3, 0.4) is 0 Å². The van der Waals surface area contributed by atoms with Crippen LogP contribution in [0, 0.1) is 0 Å². The van der Waals surface area contributed by atoms with Crippen molar-refractivity contribution in [3.8, 4) is 0 Å². The highest BCUT2D eigenvalue weighted by Crippen LogP contribution is 2.25. The van der Waals surface area contributed by atoms with Crippen LogP contribution >= 0.6 is 7.82 Å². The van der Waals surface area contributed by atoms with Gasteiger partial charge >= 0.3 is 7.82 Å². The quantitative estimate of drug-likeness (QED) is 0.361. The van der Waals surface area contributed by atoms with Crippen molar-refractivity contribution in [3.63, 3.8) is 0 Å². The SMILES string of the molecule is CC(C)O.CC(C)O.O=P(O)(O)O. The smallest absolute Gasteiger partial charge is 0.394 e. The molecule has 0 atom stereocenters. The van der Waals surface area contributed by atoms with Crippen LogP contribution in [0.1, 0.15) is 27.7 Å². The number of aliphatic hydroxyl groups excluding tert-OH is 2. The zero-order valence-corrected chi connectivity index (χ0v) is 9.14. The molecule has 0 unspecified atom stereocenters. The van der Waals surface area contributed by atoms with E-state index in [0.717, 1.165) is 0 Å². The van der Waals surface area contributed by atoms with Crippen LogP contribution in [0.15, 0.2) is 0 Å². The minimum absolute atomic E-state index is 0.167. The lowest BCUT2D eigenvalue weighted by molar-refractivity contribution is 0.215. The summed E-state index contributed by atoms with van der Waals surface area (Å²) in [4.78, 5) is 21.6. The Morgan fingerprint density at radius 2 is 0.846 bits per heavy atom. The number of hydrogen-bond donors (Lipinski definition) is 5. The van der Waals surface area contributed by atoms with E-state index in [1.54, 1.807) is 27.7 Å². The highest BCUT2D eigenvalue weighted by atomic mass is 31.2. The monoisotopic (exact) mass is 218 g/mol. The number of rotatable bonds is 0. The summed E-state index contributed by atoms with van der Waals surface area (Å²) >= 11 is 0. The second-order valence-corrected chi connectivity index (χ2v) is 3.73. The average molecular weight is 218 g/mol. The third-order valence-electron chi connectivity index (χ3n) is 0. The van der Waals surface area contributed by atoms with Gasteiger partial charge in [-0.3, -0.25) is 0 Å². The lowest BCUT2D eigenvalue weighted by Gasteiger charge is -1.82. The van der Waals surface area contributed by atoms with Crippen molar-refractivity contribution < 1.29 is 29.5 Å². The Kier molecular flexibility index (Phi) is 14.6. The summed E-state index contributed by atoms with van der Waals surface area (Å²) in [6.07, 6.45) is -0.333. The maximum absolute atomic E-state index is 8.88. The van der Waals surface area contributed by atoms with Crippen LogP contribution in [0.2, 0.25) is 0 Å². The van der Waals surface area contributed by atoms with Crippen LogP contribution in [0.4, 0.5) is 0 Å². The highest BCUT2D eigenvalue weighted by molar-refractivity contribution is 7.45. The number of hydrogen-bond acceptors (Lipinski definition) is 3. The Bertz CT molecular complexity index is 109. The molecule has 0 aromatic rings. The topological polar surface area (TPSA) is 118 Å². The van der Waals surface area contributed by atoms with E-state index in [0.29, 0.717) is 0 Å². The Balaban J connectivity index is -0.000000117. The Morgan fingerprint density at radius 3 is 0.846 bits per heavy atom. The van der Waals surface area contributed by atoms with Crippen molar-refractivity contribution in [2.24, 2.45) is 0 Å². The van der Waals surface area contributed by atoms with Crippen LogP contribution < -0.4 is 0 Å². The van der Waals surface area contributed by atoms with Crippen molar-refractivity contribution in [2.75, 3.05) is 0 Å². The van der Waals surface area contributed by atoms with Crippen LogP contribution in [-0.4, -0.2) is 37.1 Å². The van der Waals surface area contributed by atoms with Gasteiger partial charge < -0.3 is 24.9 Å². The Labute approximate surface area is 78.1 Å². The van der Waals surface area contributed by atoms with Gasteiger partial charge in [-0.15, -0.1) is 0 Å². The summed E-state index contributed by atoms with van der Waals surface area (Å²) in [5.41, 5.74) is 0. The van der Waals surface area contributed by atoms with E-state index < -0.39 is 7.82 Å². The molecule has 0 aliphatic carbocycles. The Hall–Kier alpha value is 0.0300. The standard InChI is InChI=1S/2C3H8O.H3O4P/c2*1-3(2)4;1-5(2,3)4/h2*3-4H,1-2H3;(H3,1,2,3,4). The van der Waals surface area contributed by atoms with Crippen molar-refractivity contribution >= 4 is 7.82 Å². The molecule has 13 heavy (non-hydrogen) atoms.